The quantitative estimate of drug-likeness (QED) is 0.635. The highest BCUT2D eigenvalue weighted by atomic mass is 32.2. The van der Waals surface area contributed by atoms with E-state index in [1.54, 1.807) is 6.92 Å². The first-order valence-corrected chi connectivity index (χ1v) is 10.3. The van der Waals surface area contributed by atoms with E-state index < -0.39 is 6.10 Å². The molecule has 1 amide bonds. The summed E-state index contributed by atoms with van der Waals surface area (Å²) in [4.78, 5) is 12.3. The molecule has 2 aromatic rings. The lowest BCUT2D eigenvalue weighted by Crippen LogP contribution is -2.37. The van der Waals surface area contributed by atoms with Crippen LogP contribution in [-0.2, 0) is 10.5 Å². The second-order valence-corrected chi connectivity index (χ2v) is 7.89. The number of amides is 1. The van der Waals surface area contributed by atoms with Crippen molar-refractivity contribution in [2.24, 2.45) is 0 Å². The van der Waals surface area contributed by atoms with Crippen LogP contribution in [0.4, 0.5) is 0 Å². The SMILES string of the molecule is Cc1ccc(C(C)C)c(O[C@H](C)C(=O)NCCSCc2ccccc2)c1. The van der Waals surface area contributed by atoms with Crippen molar-refractivity contribution in [2.45, 2.75) is 45.5 Å². The van der Waals surface area contributed by atoms with Gasteiger partial charge < -0.3 is 10.1 Å². The minimum absolute atomic E-state index is 0.0680. The van der Waals surface area contributed by atoms with E-state index in [4.69, 9.17) is 4.74 Å². The molecule has 0 heterocycles. The summed E-state index contributed by atoms with van der Waals surface area (Å²) in [7, 11) is 0. The van der Waals surface area contributed by atoms with E-state index in [2.05, 4.69) is 43.4 Å². The summed E-state index contributed by atoms with van der Waals surface area (Å²) in [6, 6.07) is 16.5. The van der Waals surface area contributed by atoms with Gasteiger partial charge in [0.1, 0.15) is 5.75 Å². The molecule has 1 N–H and O–H groups in total. The summed E-state index contributed by atoms with van der Waals surface area (Å²) in [6.07, 6.45) is -0.506. The van der Waals surface area contributed by atoms with Crippen LogP contribution in [0.2, 0.25) is 0 Å². The normalized spacial score (nSPS) is 12.0. The highest BCUT2D eigenvalue weighted by molar-refractivity contribution is 7.98. The van der Waals surface area contributed by atoms with Crippen LogP contribution < -0.4 is 10.1 Å². The van der Waals surface area contributed by atoms with Gasteiger partial charge in [-0.25, -0.2) is 0 Å². The minimum atomic E-state index is -0.506. The van der Waals surface area contributed by atoms with Gasteiger partial charge in [-0.15, -0.1) is 0 Å². The second-order valence-electron chi connectivity index (χ2n) is 6.79. The molecule has 0 saturated heterocycles. The Morgan fingerprint density at radius 3 is 2.54 bits per heavy atom. The van der Waals surface area contributed by atoms with Gasteiger partial charge in [-0.3, -0.25) is 4.79 Å². The molecule has 0 aromatic heterocycles. The first kappa shape index (κ1) is 20.4. The Bertz CT molecular complexity index is 701. The van der Waals surface area contributed by atoms with Crippen LogP contribution in [0.5, 0.6) is 5.75 Å². The van der Waals surface area contributed by atoms with E-state index in [9.17, 15) is 4.79 Å². The molecule has 0 fully saturated rings. The van der Waals surface area contributed by atoms with Crippen LogP contribution in [0, 0.1) is 6.92 Å². The Balaban J connectivity index is 1.76. The van der Waals surface area contributed by atoms with Crippen molar-refractivity contribution in [1.29, 1.82) is 0 Å². The van der Waals surface area contributed by atoms with Gasteiger partial charge in [0.25, 0.3) is 5.91 Å². The lowest BCUT2D eigenvalue weighted by Gasteiger charge is -2.19. The summed E-state index contributed by atoms with van der Waals surface area (Å²) in [6.45, 7) is 8.75. The van der Waals surface area contributed by atoms with Crippen molar-refractivity contribution in [2.75, 3.05) is 12.3 Å². The van der Waals surface area contributed by atoms with Crippen molar-refractivity contribution in [3.8, 4) is 5.75 Å². The van der Waals surface area contributed by atoms with Crippen LogP contribution in [0.25, 0.3) is 0 Å². The minimum Gasteiger partial charge on any atom is -0.481 e. The number of thioether (sulfide) groups is 1. The van der Waals surface area contributed by atoms with E-state index in [-0.39, 0.29) is 5.91 Å². The number of nitrogens with one attached hydrogen (secondary N) is 1. The third-order valence-corrected chi connectivity index (χ3v) is 5.15. The third kappa shape index (κ3) is 6.41. The van der Waals surface area contributed by atoms with E-state index in [0.29, 0.717) is 12.5 Å². The summed E-state index contributed by atoms with van der Waals surface area (Å²) in [5, 5.41) is 2.97. The topological polar surface area (TPSA) is 38.3 Å². The van der Waals surface area contributed by atoms with E-state index in [1.807, 2.05) is 43.0 Å². The number of carbonyl (C=O) groups is 1. The van der Waals surface area contributed by atoms with Crippen LogP contribution in [0.15, 0.2) is 48.5 Å². The average Bonchev–Trinajstić information content (AvgIpc) is 2.62. The molecule has 1 atom stereocenters. The number of hydrogen-bond acceptors (Lipinski definition) is 3. The number of rotatable bonds is 9. The monoisotopic (exact) mass is 371 g/mol. The van der Waals surface area contributed by atoms with Gasteiger partial charge in [0, 0.05) is 18.1 Å². The molecular formula is C22H29NO2S. The van der Waals surface area contributed by atoms with E-state index in [0.717, 1.165) is 28.4 Å². The molecule has 0 bridgehead atoms. The zero-order valence-electron chi connectivity index (χ0n) is 16.1. The Morgan fingerprint density at radius 2 is 1.85 bits per heavy atom. The van der Waals surface area contributed by atoms with Crippen LogP contribution >= 0.6 is 11.8 Å². The van der Waals surface area contributed by atoms with Gasteiger partial charge in [-0.05, 0) is 42.5 Å². The van der Waals surface area contributed by atoms with Crippen LogP contribution in [-0.4, -0.2) is 24.3 Å². The maximum absolute atomic E-state index is 12.3. The zero-order valence-corrected chi connectivity index (χ0v) is 16.9. The molecule has 0 spiro atoms. The third-order valence-electron chi connectivity index (χ3n) is 4.12. The number of aryl methyl sites for hydroxylation is 1. The number of hydrogen-bond donors (Lipinski definition) is 1. The van der Waals surface area contributed by atoms with Crippen LogP contribution in [0.3, 0.4) is 0 Å². The van der Waals surface area contributed by atoms with Gasteiger partial charge in [0.05, 0.1) is 0 Å². The maximum Gasteiger partial charge on any atom is 0.260 e. The van der Waals surface area contributed by atoms with Crippen molar-refractivity contribution >= 4 is 17.7 Å². The van der Waals surface area contributed by atoms with E-state index >= 15 is 0 Å². The fourth-order valence-electron chi connectivity index (χ4n) is 2.62. The predicted molar refractivity (Wildman–Crippen MR) is 111 cm³/mol. The molecule has 2 aromatic carbocycles. The van der Waals surface area contributed by atoms with Gasteiger partial charge in [-0.1, -0.05) is 56.3 Å². The van der Waals surface area contributed by atoms with Crippen molar-refractivity contribution < 1.29 is 9.53 Å². The van der Waals surface area contributed by atoms with E-state index in [1.165, 1.54) is 5.56 Å². The molecule has 4 heteroatoms. The summed E-state index contributed by atoms with van der Waals surface area (Å²) < 4.78 is 5.96. The van der Waals surface area contributed by atoms with Gasteiger partial charge >= 0.3 is 0 Å². The van der Waals surface area contributed by atoms with Crippen molar-refractivity contribution in [3.63, 3.8) is 0 Å². The fourth-order valence-corrected chi connectivity index (χ4v) is 3.44. The molecule has 3 nitrogen and oxygen atoms in total. The Kier molecular flexibility index (Phi) is 8.05. The van der Waals surface area contributed by atoms with Crippen molar-refractivity contribution in [3.05, 3.63) is 65.2 Å². The molecular weight excluding hydrogens is 342 g/mol. The molecule has 0 aliphatic heterocycles. The zero-order chi connectivity index (χ0) is 18.9. The predicted octanol–water partition coefficient (Wildman–Crippen LogP) is 4.94. The summed E-state index contributed by atoms with van der Waals surface area (Å²) in [5.41, 5.74) is 3.57. The van der Waals surface area contributed by atoms with Crippen molar-refractivity contribution in [1.82, 2.24) is 5.32 Å². The molecule has 0 unspecified atom stereocenters. The standard InChI is InChI=1S/C22H29NO2S/c1-16(2)20-11-10-17(3)14-21(20)25-18(4)22(24)23-12-13-26-15-19-8-6-5-7-9-19/h5-11,14,16,18H,12-13,15H2,1-4H3,(H,23,24)/t18-/m1/s1. The number of benzene rings is 2. The average molecular weight is 372 g/mol. The lowest BCUT2D eigenvalue weighted by atomic mass is 10.0. The fraction of sp³-hybridized carbons (Fsp3) is 0.409. The molecule has 2 rings (SSSR count). The number of carbonyl (C=O) groups excluding carboxylic acids is 1. The summed E-state index contributed by atoms with van der Waals surface area (Å²) >= 11 is 1.82. The smallest absolute Gasteiger partial charge is 0.260 e. The molecule has 0 radical (unpaired) electrons. The second kappa shape index (κ2) is 10.3. The summed E-state index contributed by atoms with van der Waals surface area (Å²) in [5.74, 6) is 2.94. The van der Waals surface area contributed by atoms with Gasteiger partial charge in [0.2, 0.25) is 0 Å². The van der Waals surface area contributed by atoms with Crippen LogP contribution in [0.1, 0.15) is 43.4 Å². The van der Waals surface area contributed by atoms with Gasteiger partial charge in [-0.2, -0.15) is 11.8 Å². The van der Waals surface area contributed by atoms with Gasteiger partial charge in [0.15, 0.2) is 6.10 Å². The highest BCUT2D eigenvalue weighted by Crippen LogP contribution is 2.28. The molecule has 140 valence electrons. The molecule has 0 saturated carbocycles. The largest absolute Gasteiger partial charge is 0.481 e. The Labute approximate surface area is 161 Å². The maximum atomic E-state index is 12.3. The first-order valence-electron chi connectivity index (χ1n) is 9.14. The molecule has 26 heavy (non-hydrogen) atoms. The lowest BCUT2D eigenvalue weighted by molar-refractivity contribution is -0.127. The number of ether oxygens (including phenoxy) is 1. The molecule has 0 aliphatic rings. The first-order chi connectivity index (χ1) is 12.5. The Morgan fingerprint density at radius 1 is 1.12 bits per heavy atom. The Hall–Kier alpha value is -1.94. The highest BCUT2D eigenvalue weighted by Gasteiger charge is 2.17. The molecule has 0 aliphatic carbocycles.